The molecule has 4 aliphatic heterocycles. The van der Waals surface area contributed by atoms with Crippen LogP contribution in [0, 0.1) is 28.1 Å². The molecule has 34 heavy (non-hydrogen) atoms. The van der Waals surface area contributed by atoms with Gasteiger partial charge in [-0.1, -0.05) is 6.92 Å². The summed E-state index contributed by atoms with van der Waals surface area (Å²) in [6, 6.07) is 1.81. The highest BCUT2D eigenvalue weighted by molar-refractivity contribution is 5.93. The van der Waals surface area contributed by atoms with Gasteiger partial charge in [0.25, 0.3) is 0 Å². The molecule has 6 aliphatic rings. The topological polar surface area (TPSA) is 105 Å². The summed E-state index contributed by atoms with van der Waals surface area (Å²) in [6.07, 6.45) is 3.46. The number of esters is 2. The van der Waals surface area contributed by atoms with Crippen LogP contribution in [0.3, 0.4) is 0 Å². The molecule has 0 N–H and O–H groups in total. The molecule has 0 amide bonds. The molecule has 8 nitrogen and oxygen atoms in total. The van der Waals surface area contributed by atoms with Crippen LogP contribution in [-0.2, 0) is 33.3 Å². The number of epoxide rings is 1. The summed E-state index contributed by atoms with van der Waals surface area (Å²) in [6.45, 7) is 8.36. The fourth-order valence-corrected chi connectivity index (χ4v) is 9.34. The van der Waals surface area contributed by atoms with Crippen LogP contribution < -0.4 is 0 Å². The molecule has 1 aromatic heterocycles. The van der Waals surface area contributed by atoms with Crippen LogP contribution in [-0.4, -0.2) is 47.7 Å². The summed E-state index contributed by atoms with van der Waals surface area (Å²) in [5.41, 5.74) is -2.78. The predicted molar refractivity (Wildman–Crippen MR) is 114 cm³/mol. The fraction of sp³-hybridized carbons (Fsp3) is 0.731. The highest BCUT2D eigenvalue weighted by atomic mass is 16.7. The van der Waals surface area contributed by atoms with Gasteiger partial charge in [0.2, 0.25) is 0 Å². The van der Waals surface area contributed by atoms with E-state index in [4.69, 9.17) is 23.4 Å². The van der Waals surface area contributed by atoms with Gasteiger partial charge in [0, 0.05) is 28.7 Å². The minimum atomic E-state index is -0.976. The van der Waals surface area contributed by atoms with E-state index in [2.05, 4.69) is 6.92 Å². The van der Waals surface area contributed by atoms with Gasteiger partial charge in [-0.05, 0) is 45.6 Å². The first kappa shape index (κ1) is 21.1. The maximum absolute atomic E-state index is 14.2. The Balaban J connectivity index is 1.41. The second-order valence-electron chi connectivity index (χ2n) is 12.2. The first-order valence-corrected chi connectivity index (χ1v) is 12.3. The summed E-state index contributed by atoms with van der Waals surface area (Å²) < 4.78 is 29.8. The number of ketones is 1. The Bertz CT molecular complexity index is 1120. The number of carbonyl (C=O) groups is 3. The quantitative estimate of drug-likeness (QED) is 0.455. The van der Waals surface area contributed by atoms with Gasteiger partial charge in [-0.2, -0.15) is 0 Å². The molecule has 0 unspecified atom stereocenters. The van der Waals surface area contributed by atoms with Crippen molar-refractivity contribution in [2.24, 2.45) is 28.1 Å². The third-order valence-corrected chi connectivity index (χ3v) is 10.7. The van der Waals surface area contributed by atoms with Crippen LogP contribution in [0.15, 0.2) is 23.0 Å². The van der Waals surface area contributed by atoms with Gasteiger partial charge in [0.1, 0.15) is 24.1 Å². The molecule has 0 radical (unpaired) electrons. The monoisotopic (exact) mass is 470 g/mol. The maximum Gasteiger partial charge on any atom is 0.339 e. The normalized spacial score (nSPS) is 52.4. The first-order valence-electron chi connectivity index (χ1n) is 12.3. The van der Waals surface area contributed by atoms with E-state index in [1.807, 2.05) is 26.8 Å². The molecule has 8 heteroatoms. The Morgan fingerprint density at radius 2 is 1.76 bits per heavy atom. The second-order valence-corrected chi connectivity index (χ2v) is 12.2. The Morgan fingerprint density at radius 1 is 0.971 bits per heavy atom. The highest BCUT2D eigenvalue weighted by Crippen LogP contribution is 2.79. The minimum Gasteiger partial charge on any atom is -0.472 e. The number of cyclic esters (lactones) is 2. The average molecular weight is 471 g/mol. The van der Waals surface area contributed by atoms with E-state index in [0.29, 0.717) is 12.8 Å². The summed E-state index contributed by atoms with van der Waals surface area (Å²) >= 11 is 0. The van der Waals surface area contributed by atoms with Gasteiger partial charge in [0.15, 0.2) is 6.10 Å². The molecule has 182 valence electrons. The van der Waals surface area contributed by atoms with Crippen molar-refractivity contribution in [1.82, 2.24) is 0 Å². The lowest BCUT2D eigenvalue weighted by atomic mass is 9.37. The van der Waals surface area contributed by atoms with Gasteiger partial charge in [0.05, 0.1) is 36.1 Å². The number of rotatable bonds is 1. The summed E-state index contributed by atoms with van der Waals surface area (Å²) in [7, 11) is 0. The molecule has 5 heterocycles. The minimum absolute atomic E-state index is 0.0677. The lowest BCUT2D eigenvalue weighted by Gasteiger charge is -2.65. The van der Waals surface area contributed by atoms with E-state index < -0.39 is 45.6 Å². The van der Waals surface area contributed by atoms with Crippen molar-refractivity contribution < 1.29 is 37.7 Å². The molecule has 6 fully saturated rings. The molecule has 2 saturated carbocycles. The van der Waals surface area contributed by atoms with Crippen molar-refractivity contribution in [3.8, 4) is 0 Å². The second kappa shape index (κ2) is 5.95. The number of Topliss-reactive ketones (excluding diaryl/α,β-unsaturated/α-hetero) is 1. The average Bonchev–Trinajstić information content (AvgIpc) is 3.26. The molecule has 2 spiro atoms. The zero-order chi connectivity index (χ0) is 23.9. The summed E-state index contributed by atoms with van der Waals surface area (Å²) in [4.78, 5) is 39.7. The molecule has 0 bridgehead atoms. The van der Waals surface area contributed by atoms with Crippen LogP contribution in [0.1, 0.15) is 65.0 Å². The van der Waals surface area contributed by atoms with Gasteiger partial charge >= 0.3 is 11.9 Å². The Labute approximate surface area is 197 Å². The number of carbonyl (C=O) groups excluding carboxylic acids is 3. The van der Waals surface area contributed by atoms with E-state index >= 15 is 0 Å². The van der Waals surface area contributed by atoms with Gasteiger partial charge in [-0.15, -0.1) is 0 Å². The lowest BCUT2D eigenvalue weighted by Crippen LogP contribution is -2.72. The Morgan fingerprint density at radius 3 is 2.50 bits per heavy atom. The Kier molecular flexibility index (Phi) is 3.70. The van der Waals surface area contributed by atoms with Gasteiger partial charge < -0.3 is 23.4 Å². The zero-order valence-corrected chi connectivity index (χ0v) is 19.9. The van der Waals surface area contributed by atoms with Gasteiger partial charge in [-0.3, -0.25) is 9.59 Å². The third kappa shape index (κ3) is 2.02. The van der Waals surface area contributed by atoms with Crippen molar-refractivity contribution in [1.29, 1.82) is 0 Å². The van der Waals surface area contributed by atoms with Crippen LogP contribution in [0.4, 0.5) is 0 Å². The molecule has 4 saturated heterocycles. The van der Waals surface area contributed by atoms with Crippen molar-refractivity contribution in [2.75, 3.05) is 6.61 Å². The fourth-order valence-electron chi connectivity index (χ4n) is 9.34. The van der Waals surface area contributed by atoms with Crippen molar-refractivity contribution in [3.63, 3.8) is 0 Å². The predicted octanol–water partition coefficient (Wildman–Crippen LogP) is 3.14. The molecule has 2 aliphatic carbocycles. The van der Waals surface area contributed by atoms with E-state index in [1.54, 1.807) is 12.5 Å². The molecule has 9 atom stereocenters. The van der Waals surface area contributed by atoms with Crippen molar-refractivity contribution >= 4 is 17.7 Å². The molecular formula is C26H30O8. The summed E-state index contributed by atoms with van der Waals surface area (Å²) in [5, 5.41) is 0. The van der Waals surface area contributed by atoms with E-state index in [-0.39, 0.29) is 42.7 Å². The maximum atomic E-state index is 14.2. The highest BCUT2D eigenvalue weighted by Gasteiger charge is 2.89. The van der Waals surface area contributed by atoms with Gasteiger partial charge in [-0.25, -0.2) is 4.79 Å². The van der Waals surface area contributed by atoms with Crippen molar-refractivity contribution in [3.05, 3.63) is 24.2 Å². The van der Waals surface area contributed by atoms with Crippen LogP contribution in [0.25, 0.3) is 0 Å². The SMILES string of the molecule is CC1(C)O[C@@H]2CC(=O)OC[C@]23[C@@H]1CC(=O)[C@]1(C)[C@@H]3CC[C@]2(C)[C@H](c3ccoc3)OC(=O)[C@@H]3O[C@]321. The third-order valence-electron chi connectivity index (χ3n) is 10.7. The zero-order valence-electron chi connectivity index (χ0n) is 19.9. The smallest absolute Gasteiger partial charge is 0.339 e. The van der Waals surface area contributed by atoms with Crippen LogP contribution >= 0.6 is 0 Å². The first-order chi connectivity index (χ1) is 16.0. The Hall–Kier alpha value is -2.19. The van der Waals surface area contributed by atoms with E-state index in [0.717, 1.165) is 12.0 Å². The lowest BCUT2D eigenvalue weighted by molar-refractivity contribution is -0.225. The standard InChI is InChI=1S/C26H30O8/c1-22(2)15-9-16(27)24(4)14(25(15)12-31-18(28)10-17(25)33-22)5-7-23(3)19(13-6-8-30-11-13)32-21(29)20-26(23,24)34-20/h6,8,11,14-15,17,19-20H,5,7,9-10,12H2,1-4H3/t14-,15+,17+,19-,20-,23+,24-,25-,26+/m0/s1. The van der Waals surface area contributed by atoms with E-state index in [1.165, 1.54) is 0 Å². The number of hydrogen-bond donors (Lipinski definition) is 0. The van der Waals surface area contributed by atoms with E-state index in [9.17, 15) is 14.4 Å². The summed E-state index contributed by atoms with van der Waals surface area (Å²) in [5.74, 6) is -0.780. The van der Waals surface area contributed by atoms with Crippen LogP contribution in [0.5, 0.6) is 0 Å². The number of hydrogen-bond acceptors (Lipinski definition) is 8. The molecular weight excluding hydrogens is 440 g/mol. The molecule has 1 aromatic rings. The number of fused-ring (bicyclic) bond motifs is 1. The molecule has 0 aromatic carbocycles. The molecule has 7 rings (SSSR count). The number of furan rings is 1. The van der Waals surface area contributed by atoms with Crippen LogP contribution in [0.2, 0.25) is 0 Å². The number of ether oxygens (including phenoxy) is 4. The van der Waals surface area contributed by atoms with Crippen molar-refractivity contribution in [2.45, 2.75) is 82.9 Å². The largest absolute Gasteiger partial charge is 0.472 e.